The summed E-state index contributed by atoms with van der Waals surface area (Å²) in [5, 5.41) is 10.4. The highest BCUT2D eigenvalue weighted by molar-refractivity contribution is 5.79. The predicted molar refractivity (Wildman–Crippen MR) is 342 cm³/mol. The summed E-state index contributed by atoms with van der Waals surface area (Å²) in [6.07, 6.45) is 36.3. The van der Waals surface area contributed by atoms with E-state index in [9.17, 15) is 33.9 Å². The summed E-state index contributed by atoms with van der Waals surface area (Å²) in [6, 6.07) is 29.8. The molecule has 2 heterocycles. The predicted octanol–water partition coefficient (Wildman–Crippen LogP) is 15.6. The zero-order chi connectivity index (χ0) is 61.5. The summed E-state index contributed by atoms with van der Waals surface area (Å²) >= 11 is 0. The molecule has 2 N–H and O–H groups in total. The first-order valence-electron chi connectivity index (χ1n) is 32.9. The molecule has 5 rings (SSSR count). The van der Waals surface area contributed by atoms with Crippen LogP contribution < -0.4 is 11.2 Å². The monoisotopic (exact) mass is 1190 g/mol. The van der Waals surface area contributed by atoms with Gasteiger partial charge in [-0.3, -0.25) is 38.4 Å². The van der Waals surface area contributed by atoms with Gasteiger partial charge in [-0.05, 0) is 94.2 Å². The molecule has 0 aliphatic carbocycles. The van der Waals surface area contributed by atoms with Gasteiger partial charge in [-0.2, -0.15) is 0 Å². The molecule has 472 valence electrons. The first-order valence-corrected chi connectivity index (χ1v) is 32.9. The van der Waals surface area contributed by atoms with Gasteiger partial charge in [0.1, 0.15) is 13.2 Å². The van der Waals surface area contributed by atoms with Gasteiger partial charge in [0.05, 0.1) is 24.0 Å². The largest absolute Gasteiger partial charge is 0.481 e. The quantitative estimate of drug-likeness (QED) is 0.0141. The van der Waals surface area contributed by atoms with Gasteiger partial charge in [-0.25, -0.2) is 4.79 Å². The standard InChI is InChI=1S/C72H103N3O11/c1-4-6-8-10-12-14-16-18-20-22-24-26-28-30-41-49-67(78)83-56-64(57-84-68(79)50-42-31-29-27-25-23-21-19-17-15-13-11-9-7-5-2)86-70(81)59(52-66(76)77)51-63-54-74(55-65(85-63)75-53-58(3)69(80)73-71(75)82)72(60-43-35-32-36-44-60,61-45-37-33-38-46-61)62-47-39-34-40-48-62/h18-21,32-40,43-48,53,59,63-65H,4-17,22-31,41-42,49-52,54-57H2,1-3H3,(H,76,77)(H,73,80,82)/b20-18-,21-19?/t59?,63-,64?,65+/m0/s1. The Hall–Kier alpha value is -6.38. The van der Waals surface area contributed by atoms with Crippen LogP contribution in [0.5, 0.6) is 0 Å². The van der Waals surface area contributed by atoms with Crippen LogP contribution in [0.3, 0.4) is 0 Å². The number of aliphatic carboxylic acids is 1. The highest BCUT2D eigenvalue weighted by Crippen LogP contribution is 2.45. The summed E-state index contributed by atoms with van der Waals surface area (Å²) in [7, 11) is 0. The Kier molecular flexibility index (Phi) is 34.1. The van der Waals surface area contributed by atoms with Crippen molar-refractivity contribution >= 4 is 23.9 Å². The van der Waals surface area contributed by atoms with Gasteiger partial charge in [0, 0.05) is 37.7 Å². The topological polar surface area (TPSA) is 184 Å². The van der Waals surface area contributed by atoms with Gasteiger partial charge < -0.3 is 24.1 Å². The molecule has 0 saturated carbocycles. The number of carbonyl (C=O) groups excluding carboxylic acids is 3. The molecule has 0 radical (unpaired) electrons. The minimum absolute atomic E-state index is 0.126. The molecule has 2 unspecified atom stereocenters. The van der Waals surface area contributed by atoms with Crippen LogP contribution in [-0.2, 0) is 43.7 Å². The third kappa shape index (κ3) is 25.5. The van der Waals surface area contributed by atoms with Crippen LogP contribution in [-0.4, -0.2) is 81.9 Å². The normalized spacial score (nSPS) is 15.4. The molecule has 1 aromatic heterocycles. The lowest BCUT2D eigenvalue weighted by molar-refractivity contribution is -0.175. The van der Waals surface area contributed by atoms with E-state index in [1.807, 2.05) is 91.0 Å². The van der Waals surface area contributed by atoms with Gasteiger partial charge in [-0.1, -0.05) is 232 Å². The summed E-state index contributed by atoms with van der Waals surface area (Å²) in [4.78, 5) is 84.8. The number of allylic oxidation sites excluding steroid dienone is 4. The number of nitrogens with zero attached hydrogens (tertiary/aromatic N) is 2. The first kappa shape index (κ1) is 70.4. The summed E-state index contributed by atoms with van der Waals surface area (Å²) in [5.74, 6) is -4.40. The van der Waals surface area contributed by atoms with Crippen molar-refractivity contribution in [3.05, 3.63) is 165 Å². The molecule has 1 aliphatic rings. The van der Waals surface area contributed by atoms with Gasteiger partial charge in [0.2, 0.25) is 0 Å². The highest BCUT2D eigenvalue weighted by Gasteiger charge is 2.47. The Morgan fingerprint density at radius 3 is 1.42 bits per heavy atom. The van der Waals surface area contributed by atoms with Crippen LogP contribution >= 0.6 is 0 Å². The Labute approximate surface area is 513 Å². The van der Waals surface area contributed by atoms with Gasteiger partial charge in [0.15, 0.2) is 12.3 Å². The molecule has 3 aromatic carbocycles. The number of carboxylic acids is 1. The van der Waals surface area contributed by atoms with Crippen LogP contribution in [0.2, 0.25) is 0 Å². The fourth-order valence-electron chi connectivity index (χ4n) is 11.6. The average molecular weight is 1190 g/mol. The lowest BCUT2D eigenvalue weighted by Crippen LogP contribution is -2.58. The maximum Gasteiger partial charge on any atom is 0.330 e. The summed E-state index contributed by atoms with van der Waals surface area (Å²) < 4.78 is 25.6. The van der Waals surface area contributed by atoms with Crippen LogP contribution in [0.1, 0.15) is 235 Å². The molecule has 0 amide bonds. The molecule has 14 heteroatoms. The molecular weight excluding hydrogens is 1080 g/mol. The van der Waals surface area contributed by atoms with Crippen molar-refractivity contribution in [1.29, 1.82) is 0 Å². The van der Waals surface area contributed by atoms with Gasteiger partial charge in [0.25, 0.3) is 5.56 Å². The summed E-state index contributed by atoms with van der Waals surface area (Å²) in [6.45, 7) is 5.57. The number of unbranched alkanes of at least 4 members (excludes halogenated alkanes) is 22. The average Bonchev–Trinajstić information content (AvgIpc) is 0.765. The zero-order valence-corrected chi connectivity index (χ0v) is 52.3. The Morgan fingerprint density at radius 2 is 1.00 bits per heavy atom. The lowest BCUT2D eigenvalue weighted by Gasteiger charge is -2.51. The second-order valence-electron chi connectivity index (χ2n) is 23.5. The van der Waals surface area contributed by atoms with E-state index in [1.165, 1.54) is 87.8 Å². The zero-order valence-electron chi connectivity index (χ0n) is 52.3. The third-order valence-electron chi connectivity index (χ3n) is 16.4. The van der Waals surface area contributed by atoms with Crippen LogP contribution in [0.25, 0.3) is 0 Å². The van der Waals surface area contributed by atoms with Crippen molar-refractivity contribution in [2.24, 2.45) is 5.92 Å². The van der Waals surface area contributed by atoms with Crippen molar-refractivity contribution in [3.8, 4) is 0 Å². The number of morpholine rings is 1. The number of aryl methyl sites for hydroxylation is 1. The second kappa shape index (κ2) is 41.7. The number of benzene rings is 3. The number of H-pyrrole nitrogens is 1. The number of hydrogen-bond acceptors (Lipinski definition) is 11. The van der Waals surface area contributed by atoms with Crippen molar-refractivity contribution in [3.63, 3.8) is 0 Å². The Balaban J connectivity index is 1.27. The van der Waals surface area contributed by atoms with E-state index in [4.69, 9.17) is 18.9 Å². The molecule has 86 heavy (non-hydrogen) atoms. The molecule has 1 saturated heterocycles. The number of hydrogen-bond donors (Lipinski definition) is 2. The van der Waals surface area contributed by atoms with Crippen LogP contribution in [0.4, 0.5) is 0 Å². The molecular formula is C72H103N3O11. The highest BCUT2D eigenvalue weighted by atomic mass is 16.6. The Morgan fingerprint density at radius 1 is 0.593 bits per heavy atom. The van der Waals surface area contributed by atoms with E-state index >= 15 is 0 Å². The molecule has 14 nitrogen and oxygen atoms in total. The summed E-state index contributed by atoms with van der Waals surface area (Å²) in [5.41, 5.74) is 0.755. The smallest absolute Gasteiger partial charge is 0.330 e. The molecule has 1 fully saturated rings. The SMILES string of the molecule is CCCCCCCCC=CCCCCCCCC(=O)OCC(COC(=O)CCCCCCC/C=C\CCCCCCCC)OC(=O)C(CC(=O)O)C[C@H]1CN(C(c2ccccc2)(c2ccccc2)c2ccccc2)C[C@H](n2cc(C)c(=O)[nH]c2=O)O1. The van der Waals surface area contributed by atoms with E-state index in [2.05, 4.69) is 48.0 Å². The van der Waals surface area contributed by atoms with Gasteiger partial charge in [-0.15, -0.1) is 0 Å². The van der Waals surface area contributed by atoms with Crippen molar-refractivity contribution in [2.75, 3.05) is 26.3 Å². The van der Waals surface area contributed by atoms with E-state index in [1.54, 1.807) is 6.92 Å². The number of carboxylic acid groups (broad SMARTS) is 1. The van der Waals surface area contributed by atoms with Crippen LogP contribution in [0, 0.1) is 12.8 Å². The van der Waals surface area contributed by atoms with Crippen molar-refractivity contribution in [2.45, 2.75) is 237 Å². The van der Waals surface area contributed by atoms with E-state index in [0.29, 0.717) is 12.8 Å². The van der Waals surface area contributed by atoms with Crippen molar-refractivity contribution < 1.29 is 43.2 Å². The maximum absolute atomic E-state index is 14.6. The number of aromatic amines is 1. The number of carbonyl (C=O) groups is 4. The van der Waals surface area contributed by atoms with E-state index < -0.39 is 84.7 Å². The van der Waals surface area contributed by atoms with Crippen molar-refractivity contribution in [1.82, 2.24) is 14.5 Å². The van der Waals surface area contributed by atoms with Gasteiger partial charge >= 0.3 is 29.6 Å². The minimum atomic E-state index is -1.30. The van der Waals surface area contributed by atoms with E-state index in [-0.39, 0.29) is 37.9 Å². The number of nitrogens with one attached hydrogen (secondary N) is 1. The Bertz CT molecular complexity index is 2550. The maximum atomic E-state index is 14.6. The first-order chi connectivity index (χ1) is 42.0. The molecule has 4 aromatic rings. The number of rotatable bonds is 45. The second-order valence-corrected chi connectivity index (χ2v) is 23.5. The minimum Gasteiger partial charge on any atom is -0.481 e. The molecule has 0 bridgehead atoms. The fourth-order valence-corrected chi connectivity index (χ4v) is 11.6. The molecule has 4 atom stereocenters. The fraction of sp³-hybridized carbons (Fsp3) is 0.583. The lowest BCUT2D eigenvalue weighted by atomic mass is 9.75. The van der Waals surface area contributed by atoms with Crippen LogP contribution in [0.15, 0.2) is 131 Å². The number of ether oxygens (including phenoxy) is 4. The number of aromatic nitrogens is 2. The third-order valence-corrected chi connectivity index (χ3v) is 16.4. The molecule has 0 spiro atoms. The van der Waals surface area contributed by atoms with E-state index in [0.717, 1.165) is 93.7 Å². The number of esters is 3. The molecule has 1 aliphatic heterocycles.